The predicted octanol–water partition coefficient (Wildman–Crippen LogP) is 0.281. The first kappa shape index (κ1) is 10.5. The minimum Gasteiger partial charge on any atom is -0.469 e. The molecule has 0 amide bonds. The Hall–Kier alpha value is -0.610. The van der Waals surface area contributed by atoms with Gasteiger partial charge in [0.2, 0.25) is 0 Å². The van der Waals surface area contributed by atoms with E-state index in [-0.39, 0.29) is 16.8 Å². The van der Waals surface area contributed by atoms with Gasteiger partial charge in [-0.1, -0.05) is 6.42 Å². The summed E-state index contributed by atoms with van der Waals surface area (Å²) in [6.07, 6.45) is 4.95. The van der Waals surface area contributed by atoms with E-state index in [0.29, 0.717) is 6.04 Å². The van der Waals surface area contributed by atoms with Crippen molar-refractivity contribution in [3.05, 3.63) is 0 Å². The van der Waals surface area contributed by atoms with Crippen molar-refractivity contribution in [2.75, 3.05) is 26.7 Å². The van der Waals surface area contributed by atoms with Crippen molar-refractivity contribution in [2.24, 2.45) is 10.8 Å². The van der Waals surface area contributed by atoms with Crippen LogP contribution in [0, 0.1) is 10.8 Å². The molecule has 2 atom stereocenters. The Kier molecular flexibility index (Phi) is 2.27. The SMILES string of the molecule is COC(=O)C12CNCC1(CNC1CCC1)C2. The van der Waals surface area contributed by atoms with Gasteiger partial charge in [-0.25, -0.2) is 0 Å². The normalized spacial score (nSPS) is 41.3. The molecule has 0 aromatic rings. The zero-order valence-corrected chi connectivity index (χ0v) is 9.84. The van der Waals surface area contributed by atoms with E-state index in [2.05, 4.69) is 10.6 Å². The molecule has 4 heteroatoms. The highest BCUT2D eigenvalue weighted by Crippen LogP contribution is 2.66. The smallest absolute Gasteiger partial charge is 0.313 e. The van der Waals surface area contributed by atoms with Crippen LogP contribution in [0.2, 0.25) is 0 Å². The van der Waals surface area contributed by atoms with E-state index in [1.807, 2.05) is 0 Å². The second-order valence-electron chi connectivity index (χ2n) is 5.64. The van der Waals surface area contributed by atoms with Crippen molar-refractivity contribution in [3.63, 3.8) is 0 Å². The Morgan fingerprint density at radius 3 is 2.94 bits per heavy atom. The average molecular weight is 224 g/mol. The van der Waals surface area contributed by atoms with Crippen LogP contribution in [0.3, 0.4) is 0 Å². The number of rotatable bonds is 4. The summed E-state index contributed by atoms with van der Waals surface area (Å²) in [7, 11) is 1.50. The fraction of sp³-hybridized carbons (Fsp3) is 0.917. The van der Waals surface area contributed by atoms with E-state index >= 15 is 0 Å². The molecule has 1 aliphatic heterocycles. The molecule has 3 fully saturated rings. The fourth-order valence-corrected chi connectivity index (χ4v) is 3.33. The van der Waals surface area contributed by atoms with E-state index in [9.17, 15) is 4.79 Å². The largest absolute Gasteiger partial charge is 0.469 e. The van der Waals surface area contributed by atoms with Crippen LogP contribution < -0.4 is 10.6 Å². The summed E-state index contributed by atoms with van der Waals surface area (Å²) < 4.78 is 4.94. The van der Waals surface area contributed by atoms with E-state index in [0.717, 1.165) is 26.1 Å². The molecular formula is C12H20N2O2. The van der Waals surface area contributed by atoms with Gasteiger partial charge in [-0.3, -0.25) is 4.79 Å². The number of hydrogen-bond acceptors (Lipinski definition) is 4. The molecule has 4 nitrogen and oxygen atoms in total. The summed E-state index contributed by atoms with van der Waals surface area (Å²) in [5, 5.41) is 6.94. The Morgan fingerprint density at radius 2 is 2.31 bits per heavy atom. The lowest BCUT2D eigenvalue weighted by atomic mass is 9.91. The number of fused-ring (bicyclic) bond motifs is 1. The molecule has 3 rings (SSSR count). The zero-order valence-electron chi connectivity index (χ0n) is 9.84. The number of piperidine rings is 1. The molecule has 0 bridgehead atoms. The van der Waals surface area contributed by atoms with Crippen molar-refractivity contribution in [1.29, 1.82) is 0 Å². The third-order valence-corrected chi connectivity index (χ3v) is 4.83. The molecule has 2 N–H and O–H groups in total. The van der Waals surface area contributed by atoms with Gasteiger partial charge in [-0.05, 0) is 19.3 Å². The van der Waals surface area contributed by atoms with Crippen LogP contribution in [-0.4, -0.2) is 38.8 Å². The second kappa shape index (κ2) is 3.44. The standard InChI is InChI=1S/C12H20N2O2/c1-16-10(15)12-5-11(12,6-13-8-12)7-14-9-3-2-4-9/h9,13-14H,2-8H2,1H3. The summed E-state index contributed by atoms with van der Waals surface area (Å²) >= 11 is 0. The van der Waals surface area contributed by atoms with Gasteiger partial charge in [0.05, 0.1) is 12.5 Å². The minimum atomic E-state index is -0.210. The van der Waals surface area contributed by atoms with Crippen LogP contribution in [0.1, 0.15) is 25.7 Å². The molecule has 0 spiro atoms. The number of methoxy groups -OCH3 is 1. The van der Waals surface area contributed by atoms with Crippen LogP contribution in [0.4, 0.5) is 0 Å². The maximum atomic E-state index is 11.8. The number of ether oxygens (including phenoxy) is 1. The molecule has 0 aromatic heterocycles. The minimum absolute atomic E-state index is 0.0205. The van der Waals surface area contributed by atoms with Crippen LogP contribution in [0.25, 0.3) is 0 Å². The summed E-state index contributed by atoms with van der Waals surface area (Å²) in [6.45, 7) is 2.73. The molecular weight excluding hydrogens is 204 g/mol. The van der Waals surface area contributed by atoms with Gasteiger partial charge in [0, 0.05) is 31.1 Å². The van der Waals surface area contributed by atoms with E-state index in [1.165, 1.54) is 26.4 Å². The molecule has 2 aliphatic carbocycles. The molecule has 0 radical (unpaired) electrons. The van der Waals surface area contributed by atoms with E-state index in [4.69, 9.17) is 4.74 Å². The van der Waals surface area contributed by atoms with Crippen molar-refractivity contribution in [3.8, 4) is 0 Å². The highest BCUT2D eigenvalue weighted by Gasteiger charge is 2.74. The number of nitrogens with one attached hydrogen (secondary N) is 2. The van der Waals surface area contributed by atoms with Gasteiger partial charge in [0.1, 0.15) is 0 Å². The van der Waals surface area contributed by atoms with Crippen LogP contribution >= 0.6 is 0 Å². The van der Waals surface area contributed by atoms with Crippen molar-refractivity contribution < 1.29 is 9.53 Å². The quantitative estimate of drug-likeness (QED) is 0.674. The number of carbonyl (C=O) groups is 1. The van der Waals surface area contributed by atoms with Crippen molar-refractivity contribution in [2.45, 2.75) is 31.7 Å². The molecule has 1 heterocycles. The first-order valence-electron chi connectivity index (χ1n) is 6.25. The molecule has 0 aromatic carbocycles. The van der Waals surface area contributed by atoms with Gasteiger partial charge >= 0.3 is 5.97 Å². The Balaban J connectivity index is 1.63. The summed E-state index contributed by atoms with van der Waals surface area (Å²) in [6, 6.07) is 0.700. The second-order valence-corrected chi connectivity index (χ2v) is 5.64. The van der Waals surface area contributed by atoms with Crippen LogP contribution in [0.15, 0.2) is 0 Å². The molecule has 3 aliphatic rings. The summed E-state index contributed by atoms with van der Waals surface area (Å²) in [4.78, 5) is 11.8. The highest BCUT2D eigenvalue weighted by molar-refractivity contribution is 5.83. The van der Waals surface area contributed by atoms with Crippen LogP contribution in [0.5, 0.6) is 0 Å². The van der Waals surface area contributed by atoms with Crippen LogP contribution in [-0.2, 0) is 9.53 Å². The average Bonchev–Trinajstić information content (AvgIpc) is 2.73. The number of carbonyl (C=O) groups excluding carboxylic acids is 1. The molecule has 2 unspecified atom stereocenters. The van der Waals surface area contributed by atoms with Gasteiger partial charge in [0.15, 0.2) is 0 Å². The zero-order chi connectivity index (χ0) is 11.2. The highest BCUT2D eigenvalue weighted by atomic mass is 16.5. The molecule has 2 saturated carbocycles. The summed E-state index contributed by atoms with van der Waals surface area (Å²) in [5.41, 5.74) is -0.0613. The third-order valence-electron chi connectivity index (χ3n) is 4.83. The van der Waals surface area contributed by atoms with Gasteiger partial charge in [-0.15, -0.1) is 0 Å². The Labute approximate surface area is 96.1 Å². The van der Waals surface area contributed by atoms with E-state index in [1.54, 1.807) is 0 Å². The third kappa shape index (κ3) is 1.26. The van der Waals surface area contributed by atoms with Gasteiger partial charge < -0.3 is 15.4 Å². The Bertz CT molecular complexity index is 316. The van der Waals surface area contributed by atoms with Crippen molar-refractivity contribution >= 4 is 5.97 Å². The van der Waals surface area contributed by atoms with E-state index < -0.39 is 0 Å². The fourth-order valence-electron chi connectivity index (χ4n) is 3.33. The predicted molar refractivity (Wildman–Crippen MR) is 60.0 cm³/mol. The lowest BCUT2D eigenvalue weighted by Crippen LogP contribution is -2.41. The van der Waals surface area contributed by atoms with Crippen molar-refractivity contribution in [1.82, 2.24) is 10.6 Å². The monoisotopic (exact) mass is 224 g/mol. The molecule has 1 saturated heterocycles. The Morgan fingerprint density at radius 1 is 1.50 bits per heavy atom. The van der Waals surface area contributed by atoms with Gasteiger partial charge in [0.25, 0.3) is 0 Å². The first-order valence-corrected chi connectivity index (χ1v) is 6.25. The lowest BCUT2D eigenvalue weighted by molar-refractivity contribution is -0.147. The summed E-state index contributed by atoms with van der Waals surface area (Å²) in [5.74, 6) is -0.0205. The maximum absolute atomic E-state index is 11.8. The number of esters is 1. The van der Waals surface area contributed by atoms with Gasteiger partial charge in [-0.2, -0.15) is 0 Å². The first-order chi connectivity index (χ1) is 7.72. The number of hydrogen-bond donors (Lipinski definition) is 2. The molecule has 90 valence electrons. The molecule has 16 heavy (non-hydrogen) atoms. The lowest BCUT2D eigenvalue weighted by Gasteiger charge is -2.29. The topological polar surface area (TPSA) is 50.4 Å². The maximum Gasteiger partial charge on any atom is 0.313 e.